The first-order chi connectivity index (χ1) is 17.9. The Morgan fingerprint density at radius 1 is 1.14 bits per heavy atom. The van der Waals surface area contributed by atoms with Gasteiger partial charge in [-0.25, -0.2) is 9.37 Å². The number of nitrogens with one attached hydrogen (secondary N) is 1. The number of imidazole rings is 1. The molecule has 2 amide bonds. The molecule has 7 heteroatoms. The summed E-state index contributed by atoms with van der Waals surface area (Å²) in [6.45, 7) is 4.62. The Hall–Kier alpha value is -4.26. The Labute approximate surface area is 215 Å². The quantitative estimate of drug-likeness (QED) is 0.337. The molecule has 2 aromatic carbocycles. The molecule has 1 fully saturated rings. The number of halogens is 1. The Balaban J connectivity index is 1.40. The topological polar surface area (TPSA) is 89.5 Å². The lowest BCUT2D eigenvalue weighted by molar-refractivity contribution is 0.0952. The first-order valence-corrected chi connectivity index (χ1v) is 12.5. The van der Waals surface area contributed by atoms with Gasteiger partial charge in [0.15, 0.2) is 0 Å². The number of fused-ring (bicyclic) bond motifs is 1. The number of allylic oxidation sites excluding steroid dienone is 2. The summed E-state index contributed by atoms with van der Waals surface area (Å²) in [5, 5.41) is 3.05. The van der Waals surface area contributed by atoms with Crippen molar-refractivity contribution in [2.75, 3.05) is 6.54 Å². The van der Waals surface area contributed by atoms with Crippen molar-refractivity contribution in [3.05, 3.63) is 101 Å². The Bertz CT molecular complexity index is 1550. The number of nitrogens with zero attached hydrogens (tertiary/aromatic N) is 2. The number of hydrogen-bond acceptors (Lipinski definition) is 3. The van der Waals surface area contributed by atoms with Crippen LogP contribution >= 0.6 is 0 Å². The van der Waals surface area contributed by atoms with Crippen molar-refractivity contribution in [3.63, 3.8) is 0 Å². The van der Waals surface area contributed by atoms with Crippen molar-refractivity contribution in [3.8, 4) is 11.3 Å². The maximum absolute atomic E-state index is 14.8. The van der Waals surface area contributed by atoms with Gasteiger partial charge in [-0.05, 0) is 85.6 Å². The highest BCUT2D eigenvalue weighted by molar-refractivity contribution is 5.95. The molecule has 0 atom stereocenters. The molecule has 0 saturated heterocycles. The maximum Gasteiger partial charge on any atom is 0.252 e. The molecule has 6 nitrogen and oxygen atoms in total. The highest BCUT2D eigenvalue weighted by Crippen LogP contribution is 2.42. The molecular formula is C30H29FN4O2. The number of carbonyl (C=O) groups excluding carboxylic acids is 2. The monoisotopic (exact) mass is 496 g/mol. The molecule has 0 aliphatic heterocycles. The van der Waals surface area contributed by atoms with Crippen LogP contribution < -0.4 is 11.1 Å². The van der Waals surface area contributed by atoms with Crippen LogP contribution in [-0.4, -0.2) is 27.7 Å². The fourth-order valence-electron chi connectivity index (χ4n) is 4.64. The first-order valence-electron chi connectivity index (χ1n) is 12.5. The van der Waals surface area contributed by atoms with E-state index in [0.29, 0.717) is 29.4 Å². The van der Waals surface area contributed by atoms with E-state index < -0.39 is 11.7 Å². The van der Waals surface area contributed by atoms with Gasteiger partial charge in [0.2, 0.25) is 5.91 Å². The number of aromatic nitrogens is 2. The minimum Gasteiger partial charge on any atom is -0.366 e. The lowest BCUT2D eigenvalue weighted by Crippen LogP contribution is -2.26. The molecule has 1 aliphatic rings. The van der Waals surface area contributed by atoms with Crippen LogP contribution in [0.2, 0.25) is 0 Å². The van der Waals surface area contributed by atoms with Crippen LogP contribution in [0.15, 0.2) is 67.0 Å². The molecule has 0 bridgehead atoms. The summed E-state index contributed by atoms with van der Waals surface area (Å²) >= 11 is 0. The molecule has 3 N–H and O–H groups in total. The third kappa shape index (κ3) is 5.03. The van der Waals surface area contributed by atoms with Gasteiger partial charge in [0.25, 0.3) is 5.91 Å². The first kappa shape index (κ1) is 24.4. The third-order valence-electron chi connectivity index (χ3n) is 6.94. The van der Waals surface area contributed by atoms with Crippen LogP contribution in [0.1, 0.15) is 70.0 Å². The SMILES string of the molecule is C/C=C(/C)c1ccccc1CCNC(=O)c1cc(C2CC2)c2nc(-c3ccc(C(N)=O)cc3F)cn2c1. The van der Waals surface area contributed by atoms with E-state index in [1.165, 1.54) is 28.8 Å². The van der Waals surface area contributed by atoms with Gasteiger partial charge in [-0.1, -0.05) is 30.3 Å². The number of nitrogens with two attached hydrogens (primary N) is 1. The zero-order valence-electron chi connectivity index (χ0n) is 20.9. The lowest BCUT2D eigenvalue weighted by Gasteiger charge is -2.11. The number of pyridine rings is 1. The van der Waals surface area contributed by atoms with Crippen molar-refractivity contribution in [1.29, 1.82) is 0 Å². The molecule has 37 heavy (non-hydrogen) atoms. The molecule has 0 spiro atoms. The molecular weight excluding hydrogens is 467 g/mol. The predicted molar refractivity (Wildman–Crippen MR) is 143 cm³/mol. The summed E-state index contributed by atoms with van der Waals surface area (Å²) < 4.78 is 16.6. The predicted octanol–water partition coefficient (Wildman–Crippen LogP) is 5.51. The van der Waals surface area contributed by atoms with Crippen molar-refractivity contribution >= 4 is 23.0 Å². The van der Waals surface area contributed by atoms with E-state index in [1.807, 2.05) is 25.1 Å². The zero-order valence-corrected chi connectivity index (χ0v) is 20.9. The highest BCUT2D eigenvalue weighted by Gasteiger charge is 2.28. The van der Waals surface area contributed by atoms with Gasteiger partial charge >= 0.3 is 0 Å². The average Bonchev–Trinajstić information content (AvgIpc) is 3.66. The van der Waals surface area contributed by atoms with E-state index in [9.17, 15) is 14.0 Å². The average molecular weight is 497 g/mol. The number of carbonyl (C=O) groups is 2. The summed E-state index contributed by atoms with van der Waals surface area (Å²) in [4.78, 5) is 29.2. The number of benzene rings is 2. The second-order valence-corrected chi connectivity index (χ2v) is 9.51. The Morgan fingerprint density at radius 3 is 2.62 bits per heavy atom. The molecule has 1 saturated carbocycles. The highest BCUT2D eigenvalue weighted by atomic mass is 19.1. The number of amides is 2. The molecule has 0 unspecified atom stereocenters. The maximum atomic E-state index is 14.8. The van der Waals surface area contributed by atoms with Gasteiger partial charge in [-0.15, -0.1) is 0 Å². The Kier molecular flexibility index (Phi) is 6.61. The van der Waals surface area contributed by atoms with E-state index in [4.69, 9.17) is 5.73 Å². The standard InChI is InChI=1S/C30H29FN4O2/c1-3-18(2)23-7-5-4-6-19(23)12-13-33-30(37)22-14-25(20-8-9-20)29-34-27(17-35(29)16-22)24-11-10-21(28(32)36)15-26(24)31/h3-7,10-11,14-17,20H,8-9,12-13H2,1-2H3,(H2,32,36)(H,33,37)/b18-3-. The van der Waals surface area contributed by atoms with Crippen LogP contribution in [-0.2, 0) is 6.42 Å². The molecule has 5 rings (SSSR count). The second kappa shape index (κ2) is 10.0. The second-order valence-electron chi connectivity index (χ2n) is 9.51. The summed E-state index contributed by atoms with van der Waals surface area (Å²) in [5.74, 6) is -1.08. The fourth-order valence-corrected chi connectivity index (χ4v) is 4.64. The van der Waals surface area contributed by atoms with Gasteiger partial charge in [0.05, 0.1) is 11.3 Å². The normalized spacial score (nSPS) is 13.6. The van der Waals surface area contributed by atoms with Crippen molar-refractivity contribution in [1.82, 2.24) is 14.7 Å². The number of primary amides is 1. The van der Waals surface area contributed by atoms with Gasteiger partial charge in [0.1, 0.15) is 11.5 Å². The van der Waals surface area contributed by atoms with Crippen LogP contribution in [0.5, 0.6) is 0 Å². The van der Waals surface area contributed by atoms with E-state index in [0.717, 1.165) is 30.9 Å². The van der Waals surface area contributed by atoms with Crippen molar-refractivity contribution < 1.29 is 14.0 Å². The third-order valence-corrected chi connectivity index (χ3v) is 6.94. The molecule has 0 radical (unpaired) electrons. The van der Waals surface area contributed by atoms with E-state index >= 15 is 0 Å². The minimum atomic E-state index is -0.687. The van der Waals surface area contributed by atoms with Crippen LogP contribution in [0.3, 0.4) is 0 Å². The van der Waals surface area contributed by atoms with Crippen LogP contribution in [0.4, 0.5) is 4.39 Å². The van der Waals surface area contributed by atoms with Gasteiger partial charge in [0, 0.05) is 30.1 Å². The van der Waals surface area contributed by atoms with Gasteiger partial charge in [-0.2, -0.15) is 0 Å². The minimum absolute atomic E-state index is 0.103. The Morgan fingerprint density at radius 2 is 1.92 bits per heavy atom. The fraction of sp³-hybridized carbons (Fsp3) is 0.233. The number of hydrogen-bond donors (Lipinski definition) is 2. The van der Waals surface area contributed by atoms with Crippen LogP contribution in [0.25, 0.3) is 22.5 Å². The van der Waals surface area contributed by atoms with E-state index in [-0.39, 0.29) is 17.0 Å². The summed E-state index contributed by atoms with van der Waals surface area (Å²) in [6.07, 6.45) is 8.33. The van der Waals surface area contributed by atoms with Crippen molar-refractivity contribution in [2.45, 2.75) is 39.0 Å². The van der Waals surface area contributed by atoms with E-state index in [1.54, 1.807) is 16.8 Å². The van der Waals surface area contributed by atoms with E-state index in [2.05, 4.69) is 35.4 Å². The molecule has 4 aromatic rings. The summed E-state index contributed by atoms with van der Waals surface area (Å²) in [5.41, 5.74) is 11.9. The molecule has 1 aliphatic carbocycles. The van der Waals surface area contributed by atoms with Gasteiger partial charge < -0.3 is 15.5 Å². The van der Waals surface area contributed by atoms with Gasteiger partial charge in [-0.3, -0.25) is 9.59 Å². The zero-order chi connectivity index (χ0) is 26.1. The lowest BCUT2D eigenvalue weighted by atomic mass is 9.98. The largest absolute Gasteiger partial charge is 0.366 e. The summed E-state index contributed by atoms with van der Waals surface area (Å²) in [6, 6.07) is 14.3. The number of rotatable bonds is 8. The summed E-state index contributed by atoms with van der Waals surface area (Å²) in [7, 11) is 0. The molecule has 188 valence electrons. The smallest absolute Gasteiger partial charge is 0.252 e. The van der Waals surface area contributed by atoms with Crippen molar-refractivity contribution in [2.24, 2.45) is 5.73 Å². The molecule has 2 aromatic heterocycles. The van der Waals surface area contributed by atoms with Crippen LogP contribution in [0, 0.1) is 5.82 Å². The molecule has 2 heterocycles.